The fourth-order valence-electron chi connectivity index (χ4n) is 3.84. The van der Waals surface area contributed by atoms with Gasteiger partial charge in [0.05, 0.1) is 24.2 Å². The number of carbonyl (C=O) groups is 1. The highest BCUT2D eigenvalue weighted by atomic mass is 16.5. The molecule has 1 atom stereocenters. The Hall–Kier alpha value is -2.86. The van der Waals surface area contributed by atoms with Gasteiger partial charge in [0.1, 0.15) is 17.7 Å². The first-order valence-electron chi connectivity index (χ1n) is 10.7. The summed E-state index contributed by atoms with van der Waals surface area (Å²) >= 11 is 0. The van der Waals surface area contributed by atoms with Crippen molar-refractivity contribution in [3.05, 3.63) is 59.4 Å². The molecule has 0 bridgehead atoms. The minimum atomic E-state index is -0.325. The monoisotopic (exact) mass is 407 g/mol. The third kappa shape index (κ3) is 4.65. The van der Waals surface area contributed by atoms with Crippen molar-refractivity contribution in [1.29, 1.82) is 0 Å². The molecule has 1 aromatic heterocycles. The fraction of sp³-hybridized carbons (Fsp3) is 0.417. The first-order chi connectivity index (χ1) is 14.6. The van der Waals surface area contributed by atoms with E-state index in [-0.39, 0.29) is 12.0 Å². The van der Waals surface area contributed by atoms with Crippen molar-refractivity contribution in [2.45, 2.75) is 52.3 Å². The number of carbonyl (C=O) groups excluding carboxylic acids is 1. The van der Waals surface area contributed by atoms with Gasteiger partial charge in [0.25, 0.3) is 0 Å². The molecule has 1 unspecified atom stereocenters. The van der Waals surface area contributed by atoms with E-state index >= 15 is 0 Å². The van der Waals surface area contributed by atoms with E-state index < -0.39 is 0 Å². The molecular weight excluding hydrogens is 378 g/mol. The fourth-order valence-corrected chi connectivity index (χ4v) is 3.84. The quantitative estimate of drug-likeness (QED) is 0.575. The zero-order valence-electron chi connectivity index (χ0n) is 17.7. The molecule has 1 aliphatic rings. The van der Waals surface area contributed by atoms with Gasteiger partial charge in [-0.2, -0.15) is 0 Å². The maximum Gasteiger partial charge on any atom is 0.249 e. The number of aromatic nitrogens is 2. The maximum atomic E-state index is 12.3. The molecule has 3 aromatic rings. The molecule has 0 spiro atoms. The van der Waals surface area contributed by atoms with E-state index in [0.717, 1.165) is 54.0 Å². The molecule has 0 aliphatic carbocycles. The van der Waals surface area contributed by atoms with Crippen molar-refractivity contribution in [2.75, 3.05) is 13.2 Å². The van der Waals surface area contributed by atoms with Crippen LogP contribution in [0, 0.1) is 13.8 Å². The number of para-hydroxylation sites is 2. The van der Waals surface area contributed by atoms with Crippen LogP contribution in [0.1, 0.15) is 36.2 Å². The van der Waals surface area contributed by atoms with Gasteiger partial charge in [0.15, 0.2) is 0 Å². The molecule has 1 saturated heterocycles. The van der Waals surface area contributed by atoms with Gasteiger partial charge in [-0.1, -0.05) is 24.3 Å². The topological polar surface area (TPSA) is 65.4 Å². The van der Waals surface area contributed by atoms with Crippen LogP contribution in [0.15, 0.2) is 42.5 Å². The van der Waals surface area contributed by atoms with Crippen molar-refractivity contribution in [3.8, 4) is 5.75 Å². The van der Waals surface area contributed by atoms with Crippen molar-refractivity contribution >= 4 is 16.9 Å². The Balaban J connectivity index is 1.41. The second-order valence-corrected chi connectivity index (χ2v) is 7.86. The number of amides is 1. The van der Waals surface area contributed by atoms with Crippen LogP contribution < -0.4 is 10.1 Å². The summed E-state index contributed by atoms with van der Waals surface area (Å²) in [7, 11) is 0. The van der Waals surface area contributed by atoms with Crippen LogP contribution in [0.25, 0.3) is 11.0 Å². The molecule has 1 amide bonds. The molecule has 6 heteroatoms. The van der Waals surface area contributed by atoms with E-state index in [9.17, 15) is 4.79 Å². The maximum absolute atomic E-state index is 12.3. The number of aryl methyl sites for hydroxylation is 3. The molecule has 1 N–H and O–H groups in total. The van der Waals surface area contributed by atoms with Gasteiger partial charge in [-0.3, -0.25) is 4.79 Å². The highest BCUT2D eigenvalue weighted by molar-refractivity contribution is 5.81. The molecular formula is C24H29N3O3. The second kappa shape index (κ2) is 9.30. The SMILES string of the molecule is Cc1ccc(C)c(OCCCn2c(CNC(=O)C3CCCO3)nc3ccccc32)c1. The number of fused-ring (bicyclic) bond motifs is 1. The van der Waals surface area contributed by atoms with Gasteiger partial charge in [-0.05, 0) is 62.4 Å². The lowest BCUT2D eigenvalue weighted by atomic mass is 10.1. The minimum absolute atomic E-state index is 0.0515. The van der Waals surface area contributed by atoms with Crippen molar-refractivity contribution in [2.24, 2.45) is 0 Å². The summed E-state index contributed by atoms with van der Waals surface area (Å²) in [6, 6.07) is 14.3. The first kappa shape index (κ1) is 20.4. The van der Waals surface area contributed by atoms with E-state index in [0.29, 0.717) is 19.8 Å². The third-order valence-corrected chi connectivity index (χ3v) is 5.50. The van der Waals surface area contributed by atoms with Gasteiger partial charge in [0, 0.05) is 13.2 Å². The predicted molar refractivity (Wildman–Crippen MR) is 117 cm³/mol. The van der Waals surface area contributed by atoms with Gasteiger partial charge in [-0.25, -0.2) is 4.98 Å². The van der Waals surface area contributed by atoms with Gasteiger partial charge >= 0.3 is 0 Å². The molecule has 30 heavy (non-hydrogen) atoms. The van der Waals surface area contributed by atoms with Crippen LogP contribution >= 0.6 is 0 Å². The van der Waals surface area contributed by atoms with Crippen LogP contribution in [0.4, 0.5) is 0 Å². The summed E-state index contributed by atoms with van der Waals surface area (Å²) in [6.45, 7) is 6.59. The largest absolute Gasteiger partial charge is 0.493 e. The van der Waals surface area contributed by atoms with Gasteiger partial charge < -0.3 is 19.4 Å². The van der Waals surface area contributed by atoms with E-state index in [2.05, 4.69) is 48.0 Å². The summed E-state index contributed by atoms with van der Waals surface area (Å²) in [4.78, 5) is 17.1. The lowest BCUT2D eigenvalue weighted by Gasteiger charge is -2.13. The summed E-state index contributed by atoms with van der Waals surface area (Å²) in [6.07, 6.45) is 2.25. The Bertz CT molecular complexity index is 1020. The number of nitrogens with zero attached hydrogens (tertiary/aromatic N) is 2. The van der Waals surface area contributed by atoms with E-state index in [1.54, 1.807) is 0 Å². The van der Waals surface area contributed by atoms with E-state index in [4.69, 9.17) is 14.5 Å². The zero-order valence-corrected chi connectivity index (χ0v) is 17.7. The zero-order chi connectivity index (χ0) is 20.9. The normalized spacial score (nSPS) is 16.1. The number of rotatable bonds is 8. The molecule has 4 rings (SSSR count). The van der Waals surface area contributed by atoms with Gasteiger partial charge in [0.2, 0.25) is 5.91 Å². The molecule has 158 valence electrons. The third-order valence-electron chi connectivity index (χ3n) is 5.50. The Kier molecular flexibility index (Phi) is 6.33. The summed E-state index contributed by atoms with van der Waals surface area (Å²) in [5.74, 6) is 1.74. The summed E-state index contributed by atoms with van der Waals surface area (Å²) in [5, 5.41) is 2.99. The van der Waals surface area contributed by atoms with E-state index in [1.165, 1.54) is 5.56 Å². The molecule has 0 radical (unpaired) electrons. The van der Waals surface area contributed by atoms with E-state index in [1.807, 2.05) is 18.2 Å². The molecule has 1 aliphatic heterocycles. The number of hydrogen-bond donors (Lipinski definition) is 1. The highest BCUT2D eigenvalue weighted by Crippen LogP contribution is 2.20. The minimum Gasteiger partial charge on any atom is -0.493 e. The number of benzene rings is 2. The Labute approximate surface area is 177 Å². The average molecular weight is 408 g/mol. The molecule has 0 saturated carbocycles. The second-order valence-electron chi connectivity index (χ2n) is 7.86. The van der Waals surface area contributed by atoms with Crippen LogP contribution in [0.3, 0.4) is 0 Å². The smallest absolute Gasteiger partial charge is 0.249 e. The number of nitrogens with one attached hydrogen (secondary N) is 1. The number of imidazole rings is 1. The molecule has 6 nitrogen and oxygen atoms in total. The number of ether oxygens (including phenoxy) is 2. The first-order valence-corrected chi connectivity index (χ1v) is 10.7. The summed E-state index contributed by atoms with van der Waals surface area (Å²) < 4.78 is 13.7. The van der Waals surface area contributed by atoms with Crippen molar-refractivity contribution in [1.82, 2.24) is 14.9 Å². The lowest BCUT2D eigenvalue weighted by molar-refractivity contribution is -0.130. The summed E-state index contributed by atoms with van der Waals surface area (Å²) in [5.41, 5.74) is 4.35. The van der Waals surface area contributed by atoms with Crippen LogP contribution in [0.5, 0.6) is 5.75 Å². The average Bonchev–Trinajstić information content (AvgIpc) is 3.40. The van der Waals surface area contributed by atoms with Gasteiger partial charge in [-0.15, -0.1) is 0 Å². The molecule has 2 heterocycles. The van der Waals surface area contributed by atoms with Crippen molar-refractivity contribution in [3.63, 3.8) is 0 Å². The predicted octanol–water partition coefficient (Wildman–Crippen LogP) is 3.92. The Morgan fingerprint density at radius 1 is 1.27 bits per heavy atom. The molecule has 1 fully saturated rings. The standard InChI is InChI=1S/C24H29N3O3/c1-17-10-11-18(2)22(15-17)30-14-6-12-27-20-8-4-3-7-19(20)26-23(27)16-25-24(28)21-9-5-13-29-21/h3-4,7-8,10-11,15,21H,5-6,9,12-14,16H2,1-2H3,(H,25,28). The van der Waals surface area contributed by atoms with Crippen LogP contribution in [-0.4, -0.2) is 34.8 Å². The molecule has 2 aromatic carbocycles. The number of hydrogen-bond acceptors (Lipinski definition) is 4. The van der Waals surface area contributed by atoms with Crippen LogP contribution in [-0.2, 0) is 22.6 Å². The highest BCUT2D eigenvalue weighted by Gasteiger charge is 2.23. The lowest BCUT2D eigenvalue weighted by Crippen LogP contribution is -2.34. The van der Waals surface area contributed by atoms with Crippen LogP contribution in [0.2, 0.25) is 0 Å². The van der Waals surface area contributed by atoms with Crippen molar-refractivity contribution < 1.29 is 14.3 Å². The Morgan fingerprint density at radius 2 is 2.13 bits per heavy atom. The Morgan fingerprint density at radius 3 is 2.97 bits per heavy atom.